The molecule has 0 amide bonds. The van der Waals surface area contributed by atoms with Gasteiger partial charge < -0.3 is 15.2 Å². The minimum Gasteiger partial charge on any atom is -0.394 e. The van der Waals surface area contributed by atoms with Crippen molar-refractivity contribution in [2.24, 2.45) is 0 Å². The summed E-state index contributed by atoms with van der Waals surface area (Å²) < 4.78 is 5.02. The van der Waals surface area contributed by atoms with Gasteiger partial charge in [0.05, 0.1) is 6.20 Å². The van der Waals surface area contributed by atoms with Gasteiger partial charge in [-0.1, -0.05) is 5.16 Å². The average Bonchev–Trinajstić information content (AvgIpc) is 2.65. The van der Waals surface area contributed by atoms with Gasteiger partial charge in [0.15, 0.2) is 5.76 Å². The summed E-state index contributed by atoms with van der Waals surface area (Å²) in [5.41, 5.74) is 7.03. The Hall–Kier alpha value is -2.04. The van der Waals surface area contributed by atoms with Crippen LogP contribution in [-0.4, -0.2) is 24.2 Å². The molecule has 0 fully saturated rings. The molecule has 0 aliphatic carbocycles. The summed E-state index contributed by atoms with van der Waals surface area (Å²) in [5, 5.41) is 3.62. The van der Waals surface area contributed by atoms with Gasteiger partial charge in [-0.25, -0.2) is 4.98 Å². The van der Waals surface area contributed by atoms with Crippen molar-refractivity contribution in [3.8, 4) is 11.3 Å². The molecular weight excluding hydrogens is 192 g/mol. The van der Waals surface area contributed by atoms with Crippen LogP contribution >= 0.6 is 0 Å². The summed E-state index contributed by atoms with van der Waals surface area (Å²) in [6.07, 6.45) is 3.20. The zero-order valence-corrected chi connectivity index (χ0v) is 8.64. The predicted molar refractivity (Wildman–Crippen MR) is 58.5 cm³/mol. The maximum atomic E-state index is 5.68. The van der Waals surface area contributed by atoms with Gasteiger partial charge in [0.1, 0.15) is 11.5 Å². The topological polar surface area (TPSA) is 68.2 Å². The number of hydrogen-bond donors (Lipinski definition) is 1. The lowest BCUT2D eigenvalue weighted by atomic mass is 10.2. The quantitative estimate of drug-likeness (QED) is 0.800. The summed E-state index contributed by atoms with van der Waals surface area (Å²) in [4.78, 5) is 6.18. The van der Waals surface area contributed by atoms with Gasteiger partial charge in [-0.05, 0) is 12.1 Å². The molecule has 0 saturated heterocycles. The van der Waals surface area contributed by atoms with Gasteiger partial charge in [-0.2, -0.15) is 0 Å². The van der Waals surface area contributed by atoms with Crippen molar-refractivity contribution in [1.82, 2.24) is 10.1 Å². The Morgan fingerprint density at radius 2 is 2.07 bits per heavy atom. The minimum absolute atomic E-state index is 0.523. The van der Waals surface area contributed by atoms with E-state index in [0.717, 1.165) is 11.4 Å². The molecule has 0 spiro atoms. The van der Waals surface area contributed by atoms with Crippen molar-refractivity contribution in [3.63, 3.8) is 0 Å². The number of nitrogens with zero attached hydrogens (tertiary/aromatic N) is 3. The van der Waals surface area contributed by atoms with Crippen LogP contribution in [0.15, 0.2) is 29.0 Å². The molecule has 78 valence electrons. The van der Waals surface area contributed by atoms with E-state index in [0.29, 0.717) is 11.4 Å². The van der Waals surface area contributed by atoms with Crippen LogP contribution in [-0.2, 0) is 0 Å². The highest BCUT2D eigenvalue weighted by atomic mass is 16.5. The van der Waals surface area contributed by atoms with E-state index in [-0.39, 0.29) is 0 Å². The number of anilines is 2. The first-order valence-electron chi connectivity index (χ1n) is 4.52. The van der Waals surface area contributed by atoms with Crippen LogP contribution in [0.2, 0.25) is 0 Å². The summed E-state index contributed by atoms with van der Waals surface area (Å²) in [5.74, 6) is 1.45. The second-order valence-corrected chi connectivity index (χ2v) is 3.41. The fraction of sp³-hybridized carbons (Fsp3) is 0.200. The maximum absolute atomic E-state index is 5.68. The standard InChI is InChI=1S/C10H12N4O/c1-14(2)9-4-3-7(5-12-9)10-8(11)6-13-15-10/h3-6H,11H2,1-2H3. The van der Waals surface area contributed by atoms with Gasteiger partial charge in [-0.15, -0.1) is 0 Å². The van der Waals surface area contributed by atoms with Crippen molar-refractivity contribution in [1.29, 1.82) is 0 Å². The lowest BCUT2D eigenvalue weighted by molar-refractivity contribution is 0.432. The van der Waals surface area contributed by atoms with E-state index in [2.05, 4.69) is 10.1 Å². The average molecular weight is 204 g/mol. The molecule has 2 aromatic rings. The van der Waals surface area contributed by atoms with E-state index in [9.17, 15) is 0 Å². The molecule has 0 saturated carbocycles. The van der Waals surface area contributed by atoms with Crippen LogP contribution in [0, 0.1) is 0 Å². The number of pyridine rings is 1. The van der Waals surface area contributed by atoms with Crippen molar-refractivity contribution >= 4 is 11.5 Å². The Morgan fingerprint density at radius 3 is 2.53 bits per heavy atom. The third-order valence-electron chi connectivity index (χ3n) is 2.07. The van der Waals surface area contributed by atoms with E-state index in [1.165, 1.54) is 6.20 Å². The maximum Gasteiger partial charge on any atom is 0.191 e. The molecule has 15 heavy (non-hydrogen) atoms. The van der Waals surface area contributed by atoms with E-state index in [1.54, 1.807) is 6.20 Å². The number of aromatic nitrogens is 2. The third-order valence-corrected chi connectivity index (χ3v) is 2.07. The molecule has 0 bridgehead atoms. The smallest absolute Gasteiger partial charge is 0.191 e. The highest BCUT2D eigenvalue weighted by molar-refractivity contribution is 5.69. The molecular formula is C10H12N4O. The molecule has 0 aromatic carbocycles. The molecule has 0 aliphatic heterocycles. The molecule has 5 nitrogen and oxygen atoms in total. The molecule has 2 rings (SSSR count). The Balaban J connectivity index is 2.36. The Morgan fingerprint density at radius 1 is 1.27 bits per heavy atom. The number of nitrogens with two attached hydrogens (primary N) is 1. The lowest BCUT2D eigenvalue weighted by Gasteiger charge is -2.10. The normalized spacial score (nSPS) is 10.3. The van der Waals surface area contributed by atoms with E-state index in [4.69, 9.17) is 10.3 Å². The molecule has 5 heteroatoms. The Kier molecular flexibility index (Phi) is 2.29. The van der Waals surface area contributed by atoms with Crippen LogP contribution < -0.4 is 10.6 Å². The Bertz CT molecular complexity index is 447. The molecule has 2 aromatic heterocycles. The van der Waals surface area contributed by atoms with Crippen LogP contribution in [0.1, 0.15) is 0 Å². The van der Waals surface area contributed by atoms with Gasteiger partial charge in [-0.3, -0.25) is 0 Å². The molecule has 2 heterocycles. The van der Waals surface area contributed by atoms with E-state index >= 15 is 0 Å². The van der Waals surface area contributed by atoms with Gasteiger partial charge in [0.25, 0.3) is 0 Å². The summed E-state index contributed by atoms with van der Waals surface area (Å²) in [6.45, 7) is 0. The fourth-order valence-corrected chi connectivity index (χ4v) is 1.25. The van der Waals surface area contributed by atoms with Crippen LogP contribution in [0.25, 0.3) is 11.3 Å². The van der Waals surface area contributed by atoms with Crippen molar-refractivity contribution in [2.45, 2.75) is 0 Å². The fourth-order valence-electron chi connectivity index (χ4n) is 1.25. The SMILES string of the molecule is CN(C)c1ccc(-c2oncc2N)cn1. The second-order valence-electron chi connectivity index (χ2n) is 3.41. The van der Waals surface area contributed by atoms with Gasteiger partial charge in [0.2, 0.25) is 0 Å². The van der Waals surface area contributed by atoms with E-state index in [1.807, 2.05) is 31.1 Å². The summed E-state index contributed by atoms with van der Waals surface area (Å²) >= 11 is 0. The first-order valence-corrected chi connectivity index (χ1v) is 4.52. The lowest BCUT2D eigenvalue weighted by Crippen LogP contribution is -2.09. The van der Waals surface area contributed by atoms with E-state index < -0.39 is 0 Å². The van der Waals surface area contributed by atoms with Crippen molar-refractivity contribution in [3.05, 3.63) is 24.5 Å². The molecule has 0 radical (unpaired) electrons. The zero-order valence-electron chi connectivity index (χ0n) is 8.64. The molecule has 0 unspecified atom stereocenters. The van der Waals surface area contributed by atoms with Gasteiger partial charge >= 0.3 is 0 Å². The largest absolute Gasteiger partial charge is 0.394 e. The van der Waals surface area contributed by atoms with Crippen molar-refractivity contribution < 1.29 is 4.52 Å². The van der Waals surface area contributed by atoms with Gasteiger partial charge in [0, 0.05) is 25.9 Å². The summed E-state index contributed by atoms with van der Waals surface area (Å²) in [6, 6.07) is 3.80. The highest BCUT2D eigenvalue weighted by Crippen LogP contribution is 2.25. The number of hydrogen-bond acceptors (Lipinski definition) is 5. The second kappa shape index (κ2) is 3.61. The molecule has 0 atom stereocenters. The third kappa shape index (κ3) is 1.76. The highest BCUT2D eigenvalue weighted by Gasteiger charge is 2.08. The predicted octanol–water partition coefficient (Wildman–Crippen LogP) is 1.38. The first kappa shape index (κ1) is 9.51. The van der Waals surface area contributed by atoms with Crippen LogP contribution in [0.5, 0.6) is 0 Å². The van der Waals surface area contributed by atoms with Crippen LogP contribution in [0.4, 0.5) is 11.5 Å². The number of nitrogen functional groups attached to an aromatic ring is 1. The zero-order chi connectivity index (χ0) is 10.8. The number of rotatable bonds is 2. The van der Waals surface area contributed by atoms with Crippen molar-refractivity contribution in [2.75, 3.05) is 24.7 Å². The summed E-state index contributed by atoms with van der Waals surface area (Å²) in [7, 11) is 3.87. The minimum atomic E-state index is 0.523. The molecule has 2 N–H and O–H groups in total. The molecule has 0 aliphatic rings. The Labute approximate surface area is 87.5 Å². The van der Waals surface area contributed by atoms with Crippen LogP contribution in [0.3, 0.4) is 0 Å². The monoisotopic (exact) mass is 204 g/mol. The first-order chi connectivity index (χ1) is 7.18.